The minimum Gasteiger partial charge on any atom is -0.481 e. The van der Waals surface area contributed by atoms with Gasteiger partial charge in [-0.15, -0.1) is 0 Å². The van der Waals surface area contributed by atoms with Crippen molar-refractivity contribution in [2.24, 2.45) is 5.92 Å². The molecule has 1 aliphatic carbocycles. The van der Waals surface area contributed by atoms with Gasteiger partial charge < -0.3 is 4.74 Å². The molecule has 2 N–H and O–H groups in total. The first kappa shape index (κ1) is 13.3. The summed E-state index contributed by atoms with van der Waals surface area (Å²) in [5, 5.41) is 11.0. The Bertz CT molecular complexity index is 510. The highest BCUT2D eigenvalue weighted by Crippen LogP contribution is 2.39. The first-order chi connectivity index (χ1) is 9.69. The molecule has 0 amide bonds. The number of ether oxygens (including phenoxy) is 1. The van der Waals surface area contributed by atoms with Crippen LogP contribution in [0.3, 0.4) is 0 Å². The average Bonchev–Trinajstić information content (AvgIpc) is 2.90. The van der Waals surface area contributed by atoms with Gasteiger partial charge in [-0.2, -0.15) is 0 Å². The monoisotopic (exact) mass is 278 g/mol. The standard InChI is InChI=1S/C13H18N4O3/c1-20-12-6-8(4-5-14-12)13-10-7-9(17(18)19)2-3-11(10)15-16-13/h4-6,9-11,13,15-16H,2-3,7H2,1H3. The Kier molecular flexibility index (Phi) is 3.54. The van der Waals surface area contributed by atoms with Crippen LogP contribution in [0.4, 0.5) is 0 Å². The van der Waals surface area contributed by atoms with Crippen LogP contribution in [0.15, 0.2) is 18.3 Å². The molecule has 1 saturated heterocycles. The van der Waals surface area contributed by atoms with Crippen molar-refractivity contribution < 1.29 is 9.66 Å². The fraction of sp³-hybridized carbons (Fsp3) is 0.615. The lowest BCUT2D eigenvalue weighted by Crippen LogP contribution is -2.39. The van der Waals surface area contributed by atoms with E-state index in [0.29, 0.717) is 24.8 Å². The maximum atomic E-state index is 11.0. The lowest BCUT2D eigenvalue weighted by Gasteiger charge is -2.29. The summed E-state index contributed by atoms with van der Waals surface area (Å²) in [4.78, 5) is 15.0. The van der Waals surface area contributed by atoms with E-state index in [1.54, 1.807) is 13.3 Å². The van der Waals surface area contributed by atoms with Crippen LogP contribution < -0.4 is 15.6 Å². The van der Waals surface area contributed by atoms with Crippen molar-refractivity contribution in [2.75, 3.05) is 7.11 Å². The Labute approximate surface area is 116 Å². The molecule has 2 aliphatic rings. The molecule has 1 aromatic heterocycles. The van der Waals surface area contributed by atoms with Gasteiger partial charge in [0.25, 0.3) is 0 Å². The van der Waals surface area contributed by atoms with Gasteiger partial charge in [0, 0.05) is 42.0 Å². The van der Waals surface area contributed by atoms with Gasteiger partial charge >= 0.3 is 0 Å². The molecule has 20 heavy (non-hydrogen) atoms. The number of nitro groups is 1. The summed E-state index contributed by atoms with van der Waals surface area (Å²) in [7, 11) is 1.58. The lowest BCUT2D eigenvalue weighted by molar-refractivity contribution is -0.528. The van der Waals surface area contributed by atoms with E-state index >= 15 is 0 Å². The van der Waals surface area contributed by atoms with Gasteiger partial charge in [-0.3, -0.25) is 15.5 Å². The molecular weight excluding hydrogens is 260 g/mol. The number of methoxy groups -OCH3 is 1. The average molecular weight is 278 g/mol. The molecule has 0 bridgehead atoms. The number of pyridine rings is 1. The third kappa shape index (κ3) is 2.34. The zero-order valence-electron chi connectivity index (χ0n) is 11.3. The highest BCUT2D eigenvalue weighted by atomic mass is 16.6. The van der Waals surface area contributed by atoms with Crippen LogP contribution in [0.1, 0.15) is 30.9 Å². The van der Waals surface area contributed by atoms with Crippen LogP contribution >= 0.6 is 0 Å². The summed E-state index contributed by atoms with van der Waals surface area (Å²) < 4.78 is 5.14. The third-order valence-corrected chi connectivity index (χ3v) is 4.35. The first-order valence-corrected chi connectivity index (χ1v) is 6.83. The number of aromatic nitrogens is 1. The predicted molar refractivity (Wildman–Crippen MR) is 71.7 cm³/mol. The zero-order chi connectivity index (χ0) is 14.1. The van der Waals surface area contributed by atoms with Crippen molar-refractivity contribution in [3.8, 4) is 5.88 Å². The number of hydrogen-bond acceptors (Lipinski definition) is 6. The second-order valence-electron chi connectivity index (χ2n) is 5.42. The van der Waals surface area contributed by atoms with Gasteiger partial charge in [-0.25, -0.2) is 10.4 Å². The molecule has 0 radical (unpaired) electrons. The van der Waals surface area contributed by atoms with Crippen molar-refractivity contribution >= 4 is 0 Å². The highest BCUT2D eigenvalue weighted by molar-refractivity contribution is 5.25. The zero-order valence-corrected chi connectivity index (χ0v) is 11.3. The molecule has 0 aromatic carbocycles. The Morgan fingerprint density at radius 3 is 3.05 bits per heavy atom. The van der Waals surface area contributed by atoms with Crippen LogP contribution in [0.25, 0.3) is 0 Å². The highest BCUT2D eigenvalue weighted by Gasteiger charge is 2.44. The summed E-state index contributed by atoms with van der Waals surface area (Å²) in [6, 6.07) is 3.76. The lowest BCUT2D eigenvalue weighted by atomic mass is 9.77. The maximum Gasteiger partial charge on any atom is 0.213 e. The Balaban J connectivity index is 1.81. The minimum atomic E-state index is -0.427. The van der Waals surface area contributed by atoms with Crippen molar-refractivity contribution in [1.82, 2.24) is 15.8 Å². The summed E-state index contributed by atoms with van der Waals surface area (Å²) in [6.45, 7) is 0. The van der Waals surface area contributed by atoms with Crippen molar-refractivity contribution in [3.63, 3.8) is 0 Å². The number of rotatable bonds is 3. The van der Waals surface area contributed by atoms with E-state index in [9.17, 15) is 10.1 Å². The second-order valence-corrected chi connectivity index (χ2v) is 5.42. The van der Waals surface area contributed by atoms with Gasteiger partial charge in [0.15, 0.2) is 0 Å². The van der Waals surface area contributed by atoms with Gasteiger partial charge in [0.1, 0.15) is 0 Å². The summed E-state index contributed by atoms with van der Waals surface area (Å²) in [5.41, 5.74) is 7.60. The molecule has 0 spiro atoms. The van der Waals surface area contributed by atoms with Crippen molar-refractivity contribution in [2.45, 2.75) is 37.4 Å². The fourth-order valence-electron chi connectivity index (χ4n) is 3.29. The largest absolute Gasteiger partial charge is 0.481 e. The molecule has 1 aliphatic heterocycles. The van der Waals surface area contributed by atoms with Crippen LogP contribution in [0.2, 0.25) is 0 Å². The number of hydrazine groups is 1. The minimum absolute atomic E-state index is 0.0691. The van der Waals surface area contributed by atoms with Crippen molar-refractivity contribution in [1.29, 1.82) is 0 Å². The van der Waals surface area contributed by atoms with E-state index in [-0.39, 0.29) is 16.9 Å². The van der Waals surface area contributed by atoms with Crippen LogP contribution in [0, 0.1) is 16.0 Å². The van der Waals surface area contributed by atoms with E-state index < -0.39 is 6.04 Å². The smallest absolute Gasteiger partial charge is 0.213 e. The first-order valence-electron chi connectivity index (χ1n) is 6.83. The molecule has 2 heterocycles. The molecule has 1 aromatic rings. The second kappa shape index (κ2) is 5.34. The molecule has 2 fully saturated rings. The predicted octanol–water partition coefficient (Wildman–Crippen LogP) is 1.05. The quantitative estimate of drug-likeness (QED) is 0.634. The number of hydrogen-bond donors (Lipinski definition) is 2. The number of nitrogens with zero attached hydrogens (tertiary/aromatic N) is 2. The molecule has 1 saturated carbocycles. The SMILES string of the molecule is COc1cc(C2NNC3CCC([N+](=O)[O-])CC32)ccn1. The van der Waals surface area contributed by atoms with E-state index in [0.717, 1.165) is 12.0 Å². The van der Waals surface area contributed by atoms with E-state index in [1.165, 1.54) is 0 Å². The molecule has 4 atom stereocenters. The fourth-order valence-corrected chi connectivity index (χ4v) is 3.29. The van der Waals surface area contributed by atoms with Gasteiger partial charge in [0.2, 0.25) is 11.9 Å². The van der Waals surface area contributed by atoms with Crippen LogP contribution in [-0.4, -0.2) is 29.1 Å². The van der Waals surface area contributed by atoms with E-state index in [2.05, 4.69) is 15.8 Å². The summed E-state index contributed by atoms with van der Waals surface area (Å²) in [5.74, 6) is 0.792. The van der Waals surface area contributed by atoms with E-state index in [1.807, 2.05) is 12.1 Å². The molecule has 7 heteroatoms. The topological polar surface area (TPSA) is 89.3 Å². The molecule has 4 unspecified atom stereocenters. The maximum absolute atomic E-state index is 11.0. The van der Waals surface area contributed by atoms with Gasteiger partial charge in [-0.1, -0.05) is 0 Å². The third-order valence-electron chi connectivity index (χ3n) is 4.35. The molecule has 7 nitrogen and oxygen atoms in total. The van der Waals surface area contributed by atoms with E-state index in [4.69, 9.17) is 4.74 Å². The van der Waals surface area contributed by atoms with Crippen LogP contribution in [0.5, 0.6) is 5.88 Å². The molecular formula is C13H18N4O3. The molecule has 108 valence electrons. The van der Waals surface area contributed by atoms with Gasteiger partial charge in [0.05, 0.1) is 13.2 Å². The van der Waals surface area contributed by atoms with Crippen LogP contribution in [-0.2, 0) is 0 Å². The number of nitrogens with one attached hydrogen (secondary N) is 2. The normalized spacial score (nSPS) is 32.6. The van der Waals surface area contributed by atoms with Gasteiger partial charge in [-0.05, 0) is 18.1 Å². The summed E-state index contributed by atoms with van der Waals surface area (Å²) in [6.07, 6.45) is 3.79. The summed E-state index contributed by atoms with van der Waals surface area (Å²) >= 11 is 0. The Hall–Kier alpha value is -1.73. The molecule has 3 rings (SSSR count). The Morgan fingerprint density at radius 2 is 2.30 bits per heavy atom. The van der Waals surface area contributed by atoms with Crippen molar-refractivity contribution in [3.05, 3.63) is 34.0 Å². The number of fused-ring (bicyclic) bond motifs is 1. The Morgan fingerprint density at radius 1 is 1.45 bits per heavy atom.